The van der Waals surface area contributed by atoms with Gasteiger partial charge in [0, 0.05) is 31.3 Å². The summed E-state index contributed by atoms with van der Waals surface area (Å²) in [5.74, 6) is 2.70. The first-order valence-electron chi connectivity index (χ1n) is 13.3. The summed E-state index contributed by atoms with van der Waals surface area (Å²) in [5.41, 5.74) is 0.588. The second kappa shape index (κ2) is 7.62. The molecule has 1 saturated heterocycles. The number of aromatic hydroxyl groups is 1. The maximum Gasteiger partial charge on any atom is 0.246 e. The number of hydrogen-bond acceptors (Lipinski definition) is 6. The molecule has 190 valence electrons. The lowest BCUT2D eigenvalue weighted by Crippen LogP contribution is -2.78. The Morgan fingerprint density at radius 3 is 2.81 bits per heavy atom. The first-order valence-corrected chi connectivity index (χ1v) is 13.3. The number of benzene rings is 1. The van der Waals surface area contributed by atoms with Gasteiger partial charge in [-0.25, -0.2) is 0 Å². The number of hydrogen-bond donors (Lipinski definition) is 2. The van der Waals surface area contributed by atoms with Crippen molar-refractivity contribution < 1.29 is 24.2 Å². The Kier molecular flexibility index (Phi) is 4.75. The van der Waals surface area contributed by atoms with Crippen molar-refractivity contribution in [3.8, 4) is 11.5 Å². The summed E-state index contributed by atoms with van der Waals surface area (Å²) < 4.78 is 12.2. The highest BCUT2D eigenvalue weighted by molar-refractivity contribution is 5.91. The molecule has 2 bridgehead atoms. The van der Waals surface area contributed by atoms with E-state index in [1.807, 2.05) is 32.2 Å². The van der Waals surface area contributed by atoms with Crippen LogP contribution < -0.4 is 4.74 Å². The van der Waals surface area contributed by atoms with Crippen LogP contribution in [0.1, 0.15) is 54.8 Å². The molecular formula is C29H34N2O5. The number of nitrogens with zero attached hydrogens (tertiary/aromatic N) is 2. The average molecular weight is 491 g/mol. The van der Waals surface area contributed by atoms with Crippen molar-refractivity contribution in [3.05, 3.63) is 53.0 Å². The van der Waals surface area contributed by atoms with E-state index < -0.39 is 17.1 Å². The Bertz CT molecular complexity index is 1260. The van der Waals surface area contributed by atoms with Crippen LogP contribution in [0.15, 0.2) is 34.8 Å². The van der Waals surface area contributed by atoms with Crippen molar-refractivity contribution in [1.29, 1.82) is 0 Å². The Morgan fingerprint density at radius 1 is 1.22 bits per heavy atom. The minimum atomic E-state index is -0.946. The van der Waals surface area contributed by atoms with Gasteiger partial charge in [-0.1, -0.05) is 6.07 Å². The topological polar surface area (TPSA) is 86.4 Å². The number of likely N-dealkylation sites (N-methyl/N-ethyl adjacent to an activating group) is 1. The van der Waals surface area contributed by atoms with Crippen LogP contribution in [-0.4, -0.2) is 69.8 Å². The molecule has 1 spiro atoms. The summed E-state index contributed by atoms with van der Waals surface area (Å²) >= 11 is 0. The minimum absolute atomic E-state index is 0.0324. The first kappa shape index (κ1) is 22.4. The third-order valence-electron chi connectivity index (χ3n) is 9.73. The van der Waals surface area contributed by atoms with Crippen molar-refractivity contribution in [2.45, 2.75) is 74.7 Å². The van der Waals surface area contributed by atoms with Crippen molar-refractivity contribution >= 4 is 12.0 Å². The van der Waals surface area contributed by atoms with Crippen LogP contribution in [0.5, 0.6) is 11.5 Å². The fourth-order valence-corrected chi connectivity index (χ4v) is 7.83. The highest BCUT2D eigenvalue weighted by Crippen LogP contribution is 2.66. The molecular weight excluding hydrogens is 456 g/mol. The maximum absolute atomic E-state index is 13.3. The molecule has 3 aliphatic carbocycles. The lowest BCUT2D eigenvalue weighted by atomic mass is 9.48. The van der Waals surface area contributed by atoms with Crippen LogP contribution in [0.2, 0.25) is 0 Å². The number of phenolic OH excluding ortho intramolecular Hbond substituents is 1. The summed E-state index contributed by atoms with van der Waals surface area (Å²) in [4.78, 5) is 17.5. The highest BCUT2D eigenvalue weighted by Gasteiger charge is 2.73. The van der Waals surface area contributed by atoms with Crippen LogP contribution in [0.3, 0.4) is 0 Å². The largest absolute Gasteiger partial charge is 0.504 e. The fourth-order valence-electron chi connectivity index (χ4n) is 7.83. The number of phenols is 1. The third-order valence-corrected chi connectivity index (χ3v) is 9.73. The van der Waals surface area contributed by atoms with Crippen LogP contribution in [0.25, 0.3) is 6.08 Å². The van der Waals surface area contributed by atoms with Gasteiger partial charge in [-0.15, -0.1) is 0 Å². The summed E-state index contributed by atoms with van der Waals surface area (Å²) in [6, 6.07) is 7.28. The van der Waals surface area contributed by atoms with Crippen molar-refractivity contribution in [1.82, 2.24) is 9.80 Å². The van der Waals surface area contributed by atoms with E-state index in [1.54, 1.807) is 23.1 Å². The number of aliphatic hydroxyl groups is 1. The molecule has 7 nitrogen and oxygen atoms in total. The molecule has 0 radical (unpaired) electrons. The monoisotopic (exact) mass is 490 g/mol. The summed E-state index contributed by atoms with van der Waals surface area (Å²) in [6.45, 7) is 3.83. The number of piperidine rings is 1. The van der Waals surface area contributed by atoms with Gasteiger partial charge in [0.05, 0.1) is 17.1 Å². The predicted molar refractivity (Wildman–Crippen MR) is 134 cm³/mol. The highest BCUT2D eigenvalue weighted by atomic mass is 16.5. The van der Waals surface area contributed by atoms with Gasteiger partial charge < -0.3 is 24.3 Å². The van der Waals surface area contributed by atoms with Gasteiger partial charge in [-0.3, -0.25) is 9.69 Å². The maximum atomic E-state index is 13.3. The van der Waals surface area contributed by atoms with Crippen molar-refractivity contribution in [2.24, 2.45) is 5.92 Å². The molecule has 2 N–H and O–H groups in total. The molecule has 1 aromatic heterocycles. The van der Waals surface area contributed by atoms with Gasteiger partial charge >= 0.3 is 0 Å². The first-order chi connectivity index (χ1) is 17.3. The second-order valence-electron chi connectivity index (χ2n) is 11.6. The summed E-state index contributed by atoms with van der Waals surface area (Å²) in [7, 11) is 1.82. The zero-order chi connectivity index (χ0) is 24.8. The molecule has 5 atom stereocenters. The number of furan rings is 1. The number of carbonyl (C=O) groups excluding carboxylic acids is 1. The van der Waals surface area contributed by atoms with Crippen molar-refractivity contribution in [3.63, 3.8) is 0 Å². The molecule has 1 aromatic carbocycles. The van der Waals surface area contributed by atoms with Gasteiger partial charge in [0.25, 0.3) is 0 Å². The van der Waals surface area contributed by atoms with Gasteiger partial charge in [-0.05, 0) is 87.7 Å². The number of carbonyl (C=O) groups is 1. The Morgan fingerprint density at radius 2 is 2.06 bits per heavy atom. The van der Waals surface area contributed by atoms with Crippen LogP contribution in [-0.2, 0) is 16.6 Å². The number of aryl methyl sites for hydroxylation is 1. The van der Waals surface area contributed by atoms with E-state index in [0.29, 0.717) is 24.4 Å². The molecule has 5 aliphatic rings. The quantitative estimate of drug-likeness (QED) is 0.625. The molecule has 2 aliphatic heterocycles. The zero-order valence-electron chi connectivity index (χ0n) is 20.9. The molecule has 2 unspecified atom stereocenters. The SMILES string of the molecule is Cc1ccc(/C=C/C(=O)N(C)C2CC[C@@]3(O)[C@H]4Cc5ccc(O)c6c5[C@@]3(CCN4CC3CC3)C2O6)o1. The number of rotatable bonds is 5. The van der Waals surface area contributed by atoms with E-state index in [2.05, 4.69) is 4.90 Å². The fraction of sp³-hybridized carbons (Fsp3) is 0.552. The Balaban J connectivity index is 1.26. The average Bonchev–Trinajstić information content (AvgIpc) is 3.46. The van der Waals surface area contributed by atoms with Gasteiger partial charge in [0.15, 0.2) is 11.5 Å². The third kappa shape index (κ3) is 2.96. The lowest BCUT2D eigenvalue weighted by Gasteiger charge is -2.64. The normalized spacial score (nSPS) is 34.5. The van der Waals surface area contributed by atoms with Crippen LogP contribution >= 0.6 is 0 Å². The predicted octanol–water partition coefficient (Wildman–Crippen LogP) is 3.40. The van der Waals surface area contributed by atoms with Crippen LogP contribution in [0, 0.1) is 12.8 Å². The molecule has 7 heteroatoms. The van der Waals surface area contributed by atoms with E-state index in [-0.39, 0.29) is 23.7 Å². The van der Waals surface area contributed by atoms with Gasteiger partial charge in [-0.2, -0.15) is 0 Å². The molecule has 2 saturated carbocycles. The molecule has 3 fully saturated rings. The number of amides is 1. The summed E-state index contributed by atoms with van der Waals surface area (Å²) in [5, 5.41) is 23.4. The molecule has 7 rings (SSSR count). The second-order valence-corrected chi connectivity index (χ2v) is 11.6. The Hall–Kier alpha value is -2.77. The van der Waals surface area contributed by atoms with E-state index >= 15 is 0 Å². The van der Waals surface area contributed by atoms with Crippen LogP contribution in [0.4, 0.5) is 0 Å². The van der Waals surface area contributed by atoms with E-state index in [9.17, 15) is 15.0 Å². The molecule has 1 amide bonds. The molecule has 36 heavy (non-hydrogen) atoms. The summed E-state index contributed by atoms with van der Waals surface area (Å²) in [6.07, 6.45) is 8.20. The standard InChI is InChI=1S/C29H34N2O5/c1-17-3-7-20(35-17)8-10-24(33)30(2)21-11-12-29(34)23-15-19-6-9-22(32)26-25(19)28(29,27(21)36-26)13-14-31(23)16-18-4-5-18/h3,6-10,18,21,23,27,32,34H,4-5,11-16H2,1-2H3/b10-8+/t21?,23-,27?,28+,29-/m1/s1. The van der Waals surface area contributed by atoms with Gasteiger partial charge in [0.2, 0.25) is 5.91 Å². The molecule has 2 aromatic rings. The lowest BCUT2D eigenvalue weighted by molar-refractivity contribution is -0.200. The van der Waals surface area contributed by atoms with Gasteiger partial charge in [0.1, 0.15) is 17.6 Å². The zero-order valence-corrected chi connectivity index (χ0v) is 20.9. The van der Waals surface area contributed by atoms with E-state index in [0.717, 1.165) is 43.2 Å². The van der Waals surface area contributed by atoms with Crippen molar-refractivity contribution in [2.75, 3.05) is 20.1 Å². The minimum Gasteiger partial charge on any atom is -0.504 e. The molecule has 3 heterocycles. The number of likely N-dealkylation sites (tertiary alicyclic amines) is 1. The Labute approximate surface area is 211 Å². The van der Waals surface area contributed by atoms with E-state index in [1.165, 1.54) is 18.4 Å². The smallest absolute Gasteiger partial charge is 0.246 e. The van der Waals surface area contributed by atoms with E-state index in [4.69, 9.17) is 9.15 Å². The number of ether oxygens (including phenoxy) is 1.